The lowest BCUT2D eigenvalue weighted by atomic mass is 10.2. The molecular weight excluding hydrogens is 269 g/mol. The van der Waals surface area contributed by atoms with Crippen molar-refractivity contribution >= 4 is 17.3 Å². The molecule has 0 saturated carbocycles. The number of nitro groups is 1. The third-order valence-corrected chi connectivity index (χ3v) is 2.59. The van der Waals surface area contributed by atoms with Crippen LogP contribution in [0.5, 0.6) is 0 Å². The molecule has 1 N–H and O–H groups in total. The number of hydrogen-bond acceptors (Lipinski definition) is 5. The summed E-state index contributed by atoms with van der Waals surface area (Å²) in [6, 6.07) is 3.06. The van der Waals surface area contributed by atoms with E-state index in [4.69, 9.17) is 5.11 Å². The number of carboxylic acids is 1. The Morgan fingerprint density at radius 2 is 2.00 bits per heavy atom. The summed E-state index contributed by atoms with van der Waals surface area (Å²) in [6.07, 6.45) is 0. The van der Waals surface area contributed by atoms with Gasteiger partial charge in [-0.3, -0.25) is 14.9 Å². The van der Waals surface area contributed by atoms with E-state index in [0.29, 0.717) is 13.1 Å². The average molecular weight is 285 g/mol. The number of carboxylic acid groups (broad SMARTS) is 1. The molecule has 7 nitrogen and oxygen atoms in total. The smallest absolute Gasteiger partial charge is 0.323 e. The Kier molecular flexibility index (Phi) is 5.39. The summed E-state index contributed by atoms with van der Waals surface area (Å²) in [6.45, 7) is 0.506. The Morgan fingerprint density at radius 1 is 1.35 bits per heavy atom. The fraction of sp³-hybridized carbons (Fsp3) is 0.417. The second kappa shape index (κ2) is 6.80. The van der Waals surface area contributed by atoms with Gasteiger partial charge >= 0.3 is 5.97 Å². The number of likely N-dealkylation sites (N-methyl/N-ethyl adjacent to an activating group) is 1. The summed E-state index contributed by atoms with van der Waals surface area (Å²) in [7, 11) is 3.62. The molecule has 8 heteroatoms. The van der Waals surface area contributed by atoms with Crippen LogP contribution in [0.4, 0.5) is 15.8 Å². The van der Waals surface area contributed by atoms with Crippen LogP contribution in [-0.2, 0) is 4.79 Å². The van der Waals surface area contributed by atoms with Gasteiger partial charge in [0, 0.05) is 24.8 Å². The summed E-state index contributed by atoms with van der Waals surface area (Å²) >= 11 is 0. The Bertz CT molecular complexity index is 507. The number of benzene rings is 1. The lowest BCUT2D eigenvalue weighted by molar-refractivity contribution is -0.385. The molecule has 1 rings (SSSR count). The van der Waals surface area contributed by atoms with Crippen LogP contribution in [0.2, 0.25) is 0 Å². The maximum atomic E-state index is 13.4. The molecule has 1 aromatic rings. The molecule has 0 radical (unpaired) electrons. The van der Waals surface area contributed by atoms with E-state index in [1.54, 1.807) is 0 Å². The number of nitro benzene ring substituents is 1. The maximum Gasteiger partial charge on any atom is 0.323 e. The van der Waals surface area contributed by atoms with E-state index in [1.807, 2.05) is 19.0 Å². The third-order valence-electron chi connectivity index (χ3n) is 2.59. The van der Waals surface area contributed by atoms with Crippen molar-refractivity contribution in [3.8, 4) is 0 Å². The number of nitrogens with zero attached hydrogens (tertiary/aromatic N) is 3. The zero-order valence-corrected chi connectivity index (χ0v) is 11.2. The normalized spacial score (nSPS) is 10.6. The number of rotatable bonds is 7. The minimum absolute atomic E-state index is 0.181. The highest BCUT2D eigenvalue weighted by molar-refractivity contribution is 5.74. The Morgan fingerprint density at radius 3 is 2.50 bits per heavy atom. The first-order valence-electron chi connectivity index (χ1n) is 5.86. The van der Waals surface area contributed by atoms with Crippen LogP contribution in [0, 0.1) is 15.9 Å². The van der Waals surface area contributed by atoms with E-state index in [-0.39, 0.29) is 12.2 Å². The second-order valence-corrected chi connectivity index (χ2v) is 4.54. The number of anilines is 1. The summed E-state index contributed by atoms with van der Waals surface area (Å²) < 4.78 is 13.4. The fourth-order valence-electron chi connectivity index (χ4n) is 1.63. The molecule has 0 fully saturated rings. The van der Waals surface area contributed by atoms with Crippen molar-refractivity contribution in [3.63, 3.8) is 0 Å². The number of non-ortho nitro benzene ring substituents is 1. The molecule has 20 heavy (non-hydrogen) atoms. The molecule has 110 valence electrons. The van der Waals surface area contributed by atoms with E-state index in [1.165, 1.54) is 11.0 Å². The average Bonchev–Trinajstić information content (AvgIpc) is 2.32. The van der Waals surface area contributed by atoms with Gasteiger partial charge in [0.05, 0.1) is 11.0 Å². The van der Waals surface area contributed by atoms with Gasteiger partial charge in [-0.1, -0.05) is 0 Å². The van der Waals surface area contributed by atoms with Gasteiger partial charge in [-0.15, -0.1) is 0 Å². The number of aliphatic carboxylic acids is 1. The van der Waals surface area contributed by atoms with Crippen molar-refractivity contribution in [3.05, 3.63) is 34.1 Å². The van der Waals surface area contributed by atoms with E-state index >= 15 is 0 Å². The molecular formula is C12H16FN3O4. The van der Waals surface area contributed by atoms with Crippen LogP contribution < -0.4 is 4.90 Å². The van der Waals surface area contributed by atoms with Crippen molar-refractivity contribution in [2.45, 2.75) is 0 Å². The van der Waals surface area contributed by atoms with Gasteiger partial charge in [0.25, 0.3) is 5.69 Å². The van der Waals surface area contributed by atoms with Crippen LogP contribution in [0.25, 0.3) is 0 Å². The van der Waals surface area contributed by atoms with Crippen molar-refractivity contribution < 1.29 is 19.2 Å². The predicted octanol–water partition coefficient (Wildman–Crippen LogP) is 1.19. The quantitative estimate of drug-likeness (QED) is 0.598. The molecule has 0 heterocycles. The van der Waals surface area contributed by atoms with Crippen LogP contribution in [0.15, 0.2) is 18.2 Å². The monoisotopic (exact) mass is 285 g/mol. The van der Waals surface area contributed by atoms with Crippen LogP contribution in [-0.4, -0.2) is 54.6 Å². The Balaban J connectivity index is 3.05. The van der Waals surface area contributed by atoms with Crippen LogP contribution >= 0.6 is 0 Å². The van der Waals surface area contributed by atoms with Gasteiger partial charge in [-0.25, -0.2) is 4.39 Å². The minimum atomic E-state index is -1.09. The van der Waals surface area contributed by atoms with Crippen LogP contribution in [0.3, 0.4) is 0 Å². The van der Waals surface area contributed by atoms with Gasteiger partial charge in [0.15, 0.2) is 0 Å². The fourth-order valence-corrected chi connectivity index (χ4v) is 1.63. The maximum absolute atomic E-state index is 13.4. The predicted molar refractivity (Wildman–Crippen MR) is 71.5 cm³/mol. The number of hydrogen-bond donors (Lipinski definition) is 1. The summed E-state index contributed by atoms with van der Waals surface area (Å²) in [4.78, 5) is 24.1. The molecule has 0 saturated heterocycles. The molecule has 0 atom stereocenters. The van der Waals surface area contributed by atoms with E-state index in [9.17, 15) is 19.3 Å². The molecule has 1 aromatic carbocycles. The van der Waals surface area contributed by atoms with Crippen molar-refractivity contribution in [2.75, 3.05) is 38.6 Å². The summed E-state index contributed by atoms with van der Waals surface area (Å²) in [5.74, 6) is -1.86. The van der Waals surface area contributed by atoms with Gasteiger partial charge in [0.2, 0.25) is 0 Å². The first kappa shape index (κ1) is 15.8. The summed E-state index contributed by atoms with van der Waals surface area (Å²) in [5, 5.41) is 19.6. The second-order valence-electron chi connectivity index (χ2n) is 4.54. The van der Waals surface area contributed by atoms with Gasteiger partial charge in [0.1, 0.15) is 12.4 Å². The highest BCUT2D eigenvalue weighted by Crippen LogP contribution is 2.23. The molecule has 0 bridgehead atoms. The molecule has 0 spiro atoms. The molecule has 0 aromatic heterocycles. The number of halogens is 1. The molecule has 0 aliphatic rings. The molecule has 0 amide bonds. The summed E-state index contributed by atoms with van der Waals surface area (Å²) in [5.41, 5.74) is -0.221. The van der Waals surface area contributed by atoms with Gasteiger partial charge in [-0.2, -0.15) is 0 Å². The standard InChI is InChI=1S/C12H16FN3O4/c1-14(2)3-4-15(8-12(17)18)10-5-9(13)6-11(7-10)16(19)20/h5-7H,3-4,8H2,1-2H3,(H,17,18). The topological polar surface area (TPSA) is 86.9 Å². The first-order chi connectivity index (χ1) is 9.29. The Labute approximate surface area is 115 Å². The molecule has 0 aliphatic heterocycles. The van der Waals surface area contributed by atoms with Gasteiger partial charge in [-0.05, 0) is 20.2 Å². The minimum Gasteiger partial charge on any atom is -0.480 e. The molecule has 0 unspecified atom stereocenters. The lowest BCUT2D eigenvalue weighted by Crippen LogP contribution is -2.35. The van der Waals surface area contributed by atoms with Crippen LogP contribution in [0.1, 0.15) is 0 Å². The van der Waals surface area contributed by atoms with E-state index in [2.05, 4.69) is 0 Å². The van der Waals surface area contributed by atoms with Crippen molar-refractivity contribution in [2.24, 2.45) is 0 Å². The van der Waals surface area contributed by atoms with Crippen molar-refractivity contribution in [1.29, 1.82) is 0 Å². The van der Waals surface area contributed by atoms with E-state index < -0.39 is 22.4 Å². The largest absolute Gasteiger partial charge is 0.480 e. The van der Waals surface area contributed by atoms with E-state index in [0.717, 1.165) is 12.1 Å². The molecule has 0 aliphatic carbocycles. The SMILES string of the molecule is CN(C)CCN(CC(=O)O)c1cc(F)cc([N+](=O)[O-])c1. The Hall–Kier alpha value is -2.22. The zero-order valence-electron chi connectivity index (χ0n) is 11.2. The van der Waals surface area contributed by atoms with Gasteiger partial charge < -0.3 is 14.9 Å². The zero-order chi connectivity index (χ0) is 15.3. The first-order valence-corrected chi connectivity index (χ1v) is 5.86. The van der Waals surface area contributed by atoms with Crippen molar-refractivity contribution in [1.82, 2.24) is 4.90 Å². The number of carbonyl (C=O) groups is 1. The third kappa shape index (κ3) is 4.81. The highest BCUT2D eigenvalue weighted by atomic mass is 19.1. The highest BCUT2D eigenvalue weighted by Gasteiger charge is 2.16. The lowest BCUT2D eigenvalue weighted by Gasteiger charge is -2.24.